The number of nitrogens with zero attached hydrogens (tertiary/aromatic N) is 2. The summed E-state index contributed by atoms with van der Waals surface area (Å²) in [6, 6.07) is 22.0. The quantitative estimate of drug-likeness (QED) is 0.344. The Morgan fingerprint density at radius 1 is 0.750 bits per heavy atom. The lowest BCUT2D eigenvalue weighted by molar-refractivity contribution is -0.387. The van der Waals surface area contributed by atoms with Crippen molar-refractivity contribution in [1.82, 2.24) is 0 Å². The molecule has 0 bridgehead atoms. The number of benzene rings is 3. The topological polar surface area (TPSA) is 95.5 Å². The lowest BCUT2D eigenvalue weighted by atomic mass is 9.98. The van der Waals surface area contributed by atoms with Crippen molar-refractivity contribution in [3.05, 3.63) is 110 Å². The van der Waals surface area contributed by atoms with Gasteiger partial charge in [0.15, 0.2) is 0 Å². The third-order valence-corrected chi connectivity index (χ3v) is 6.45. The highest BCUT2D eigenvalue weighted by Crippen LogP contribution is 2.37. The van der Waals surface area contributed by atoms with Gasteiger partial charge in [-0.1, -0.05) is 54.6 Å². The van der Waals surface area contributed by atoms with Crippen LogP contribution in [0.2, 0.25) is 6.55 Å². The Bertz CT molecular complexity index is 939. The van der Waals surface area contributed by atoms with Gasteiger partial charge in [-0.3, -0.25) is 20.2 Å². The van der Waals surface area contributed by atoms with E-state index in [1.54, 1.807) is 36.4 Å². The first-order chi connectivity index (χ1) is 13.5. The Labute approximate surface area is 163 Å². The molecule has 0 saturated heterocycles. The Morgan fingerprint density at radius 3 is 1.64 bits per heavy atom. The van der Waals surface area contributed by atoms with Gasteiger partial charge in [0.1, 0.15) is 6.10 Å². The lowest BCUT2D eigenvalue weighted by Crippen LogP contribution is -2.32. The number of nitro groups is 2. The monoisotopic (exact) mass is 394 g/mol. The Hall–Kier alpha value is -3.36. The number of hydrogen-bond acceptors (Lipinski definition) is 5. The molecule has 0 aromatic heterocycles. The molecule has 3 rings (SSSR count). The van der Waals surface area contributed by atoms with Crippen molar-refractivity contribution in [3.63, 3.8) is 0 Å². The van der Waals surface area contributed by atoms with Crippen LogP contribution < -0.4 is 5.19 Å². The number of para-hydroxylation sites is 2. The van der Waals surface area contributed by atoms with Crippen molar-refractivity contribution < 1.29 is 14.3 Å². The summed E-state index contributed by atoms with van der Waals surface area (Å²) in [6.45, 7) is 1.95. The summed E-state index contributed by atoms with van der Waals surface area (Å²) in [5.41, 5.74) is 0.356. The zero-order valence-electron chi connectivity index (χ0n) is 15.1. The Kier molecular flexibility index (Phi) is 5.92. The average molecular weight is 394 g/mol. The highest BCUT2D eigenvalue weighted by molar-refractivity contribution is 6.66. The summed E-state index contributed by atoms with van der Waals surface area (Å²) >= 11 is 0. The Balaban J connectivity index is 2.13. The highest BCUT2D eigenvalue weighted by atomic mass is 28.3. The molecule has 0 fully saturated rings. The first-order valence-electron chi connectivity index (χ1n) is 8.66. The minimum atomic E-state index is -2.01. The summed E-state index contributed by atoms with van der Waals surface area (Å²) in [7, 11) is -2.01. The molecule has 7 nitrogen and oxygen atoms in total. The molecule has 1 unspecified atom stereocenters. The van der Waals surface area contributed by atoms with Gasteiger partial charge in [0.05, 0.1) is 21.0 Å². The normalized spacial score (nSPS) is 11.9. The fourth-order valence-corrected chi connectivity index (χ4v) is 4.69. The minimum absolute atomic E-state index is 0.125. The van der Waals surface area contributed by atoms with Crippen LogP contribution in [0.1, 0.15) is 17.2 Å². The van der Waals surface area contributed by atoms with Gasteiger partial charge >= 0.3 is 0 Å². The molecule has 142 valence electrons. The maximum Gasteiger partial charge on any atom is 0.275 e. The SMILES string of the molecule is C[SiH](OC(c1ccccc1[N+](=O)[O-])c1ccccc1[N+](=O)[O-])c1ccccc1. The molecule has 0 saturated carbocycles. The molecule has 0 aliphatic rings. The van der Waals surface area contributed by atoms with Crippen molar-refractivity contribution in [2.45, 2.75) is 12.7 Å². The van der Waals surface area contributed by atoms with Crippen molar-refractivity contribution >= 4 is 25.6 Å². The third kappa shape index (κ3) is 4.13. The van der Waals surface area contributed by atoms with E-state index in [-0.39, 0.29) is 11.4 Å². The van der Waals surface area contributed by atoms with E-state index in [0.717, 1.165) is 5.19 Å². The van der Waals surface area contributed by atoms with Crippen LogP contribution >= 0.6 is 0 Å². The molecule has 0 radical (unpaired) electrons. The van der Waals surface area contributed by atoms with Crippen LogP contribution in [0.25, 0.3) is 0 Å². The van der Waals surface area contributed by atoms with Gasteiger partial charge < -0.3 is 4.43 Å². The molecule has 0 N–H and O–H groups in total. The van der Waals surface area contributed by atoms with E-state index in [1.807, 2.05) is 36.9 Å². The summed E-state index contributed by atoms with van der Waals surface area (Å²) in [5, 5.41) is 24.1. The zero-order valence-corrected chi connectivity index (χ0v) is 16.3. The smallest absolute Gasteiger partial charge is 0.275 e. The molecule has 28 heavy (non-hydrogen) atoms. The lowest BCUT2D eigenvalue weighted by Gasteiger charge is -2.23. The van der Waals surface area contributed by atoms with Gasteiger partial charge in [-0.2, -0.15) is 0 Å². The molecule has 3 aromatic carbocycles. The second-order valence-electron chi connectivity index (χ2n) is 6.20. The first kappa shape index (κ1) is 19.4. The molecule has 0 amide bonds. The fourth-order valence-electron chi connectivity index (χ4n) is 3.07. The maximum absolute atomic E-state index is 11.6. The van der Waals surface area contributed by atoms with Crippen LogP contribution in [-0.4, -0.2) is 18.9 Å². The zero-order chi connectivity index (χ0) is 20.1. The van der Waals surface area contributed by atoms with Crippen LogP contribution in [0.15, 0.2) is 78.9 Å². The van der Waals surface area contributed by atoms with Crippen molar-refractivity contribution in [2.75, 3.05) is 0 Å². The van der Waals surface area contributed by atoms with E-state index in [9.17, 15) is 20.2 Å². The largest absolute Gasteiger partial charge is 0.404 e. The van der Waals surface area contributed by atoms with Crippen LogP contribution in [0.4, 0.5) is 11.4 Å². The molecule has 0 aliphatic heterocycles. The number of hydrogen-bond donors (Lipinski definition) is 0. The molecule has 0 aliphatic carbocycles. The second-order valence-corrected chi connectivity index (χ2v) is 8.42. The van der Waals surface area contributed by atoms with Gasteiger partial charge in [0, 0.05) is 12.1 Å². The molecular weight excluding hydrogens is 376 g/mol. The van der Waals surface area contributed by atoms with Gasteiger partial charge in [-0.15, -0.1) is 0 Å². The van der Waals surface area contributed by atoms with E-state index < -0.39 is 25.0 Å². The molecule has 3 aromatic rings. The van der Waals surface area contributed by atoms with Crippen LogP contribution in [0.5, 0.6) is 0 Å². The van der Waals surface area contributed by atoms with Crippen molar-refractivity contribution in [3.8, 4) is 0 Å². The summed E-state index contributed by atoms with van der Waals surface area (Å²) < 4.78 is 6.32. The van der Waals surface area contributed by atoms with E-state index in [4.69, 9.17) is 4.43 Å². The van der Waals surface area contributed by atoms with Crippen LogP contribution in [-0.2, 0) is 4.43 Å². The third-order valence-electron chi connectivity index (χ3n) is 4.44. The van der Waals surface area contributed by atoms with Crippen LogP contribution in [0, 0.1) is 20.2 Å². The van der Waals surface area contributed by atoms with Gasteiger partial charge in [-0.05, 0) is 23.9 Å². The average Bonchev–Trinajstić information content (AvgIpc) is 2.72. The number of nitro benzene ring substituents is 2. The van der Waals surface area contributed by atoms with Gasteiger partial charge in [0.25, 0.3) is 11.4 Å². The minimum Gasteiger partial charge on any atom is -0.404 e. The van der Waals surface area contributed by atoms with E-state index in [0.29, 0.717) is 11.1 Å². The summed E-state index contributed by atoms with van der Waals surface area (Å²) in [4.78, 5) is 22.1. The predicted octanol–water partition coefficient (Wildman–Crippen LogP) is 3.87. The van der Waals surface area contributed by atoms with Crippen LogP contribution in [0.3, 0.4) is 0 Å². The molecular formula is C20H18N2O5Si. The maximum atomic E-state index is 11.6. The fraction of sp³-hybridized carbons (Fsp3) is 0.100. The highest BCUT2D eigenvalue weighted by Gasteiger charge is 2.31. The van der Waals surface area contributed by atoms with Gasteiger partial charge in [-0.25, -0.2) is 0 Å². The summed E-state index contributed by atoms with van der Waals surface area (Å²) in [6.07, 6.45) is -0.912. The van der Waals surface area contributed by atoms with Gasteiger partial charge in [0.2, 0.25) is 9.04 Å². The molecule has 8 heteroatoms. The summed E-state index contributed by atoms with van der Waals surface area (Å²) in [5.74, 6) is 0. The first-order valence-corrected chi connectivity index (χ1v) is 10.9. The standard InChI is InChI=1S/C20H18N2O5Si/c1-28(15-9-3-2-4-10-15)27-20(16-11-5-7-13-18(16)21(23)24)17-12-6-8-14-19(17)22(25)26/h2-14,20,28H,1H3. The Morgan fingerprint density at radius 2 is 1.18 bits per heavy atom. The van der Waals surface area contributed by atoms with Crippen molar-refractivity contribution in [2.24, 2.45) is 0 Å². The van der Waals surface area contributed by atoms with E-state index in [2.05, 4.69) is 0 Å². The molecule has 1 atom stereocenters. The predicted molar refractivity (Wildman–Crippen MR) is 108 cm³/mol. The van der Waals surface area contributed by atoms with Crippen molar-refractivity contribution in [1.29, 1.82) is 0 Å². The molecule has 0 spiro atoms. The van der Waals surface area contributed by atoms with E-state index >= 15 is 0 Å². The second kappa shape index (κ2) is 8.55. The molecule has 0 heterocycles. The van der Waals surface area contributed by atoms with E-state index in [1.165, 1.54) is 12.1 Å². The number of rotatable bonds is 7.